The highest BCUT2D eigenvalue weighted by Gasteiger charge is 2.13. The first-order valence-electron chi connectivity index (χ1n) is 5.74. The molecule has 1 atom stereocenters. The SMILES string of the molecule is CCCCC(CN)N(CC)CCC. The van der Waals surface area contributed by atoms with Crippen LogP contribution >= 0.6 is 0 Å². The molecular formula is C11H26N2. The van der Waals surface area contributed by atoms with Crippen molar-refractivity contribution in [1.82, 2.24) is 4.90 Å². The molecule has 0 rings (SSSR count). The van der Waals surface area contributed by atoms with Crippen molar-refractivity contribution < 1.29 is 0 Å². The Hall–Kier alpha value is -0.0800. The van der Waals surface area contributed by atoms with Gasteiger partial charge in [-0.1, -0.05) is 33.6 Å². The van der Waals surface area contributed by atoms with Crippen LogP contribution in [0.3, 0.4) is 0 Å². The van der Waals surface area contributed by atoms with Crippen molar-refractivity contribution in [3.63, 3.8) is 0 Å². The molecule has 13 heavy (non-hydrogen) atoms. The molecule has 0 aliphatic heterocycles. The Morgan fingerprint density at radius 1 is 1.15 bits per heavy atom. The van der Waals surface area contributed by atoms with E-state index in [9.17, 15) is 0 Å². The normalized spacial score (nSPS) is 13.6. The van der Waals surface area contributed by atoms with Gasteiger partial charge < -0.3 is 5.73 Å². The minimum Gasteiger partial charge on any atom is -0.329 e. The first-order chi connectivity index (χ1) is 6.29. The summed E-state index contributed by atoms with van der Waals surface area (Å²) in [5.41, 5.74) is 5.78. The topological polar surface area (TPSA) is 29.3 Å². The van der Waals surface area contributed by atoms with Crippen molar-refractivity contribution in [1.29, 1.82) is 0 Å². The smallest absolute Gasteiger partial charge is 0.0218 e. The number of nitrogens with two attached hydrogens (primary N) is 1. The van der Waals surface area contributed by atoms with E-state index in [1.165, 1.54) is 32.2 Å². The molecule has 0 aliphatic rings. The lowest BCUT2D eigenvalue weighted by atomic mass is 10.1. The summed E-state index contributed by atoms with van der Waals surface area (Å²) in [4.78, 5) is 2.51. The van der Waals surface area contributed by atoms with E-state index in [0.717, 1.165) is 13.1 Å². The molecule has 0 bridgehead atoms. The van der Waals surface area contributed by atoms with Gasteiger partial charge in [-0.2, -0.15) is 0 Å². The molecule has 1 unspecified atom stereocenters. The lowest BCUT2D eigenvalue weighted by Gasteiger charge is -2.29. The van der Waals surface area contributed by atoms with Crippen molar-refractivity contribution >= 4 is 0 Å². The first kappa shape index (κ1) is 12.9. The van der Waals surface area contributed by atoms with Gasteiger partial charge >= 0.3 is 0 Å². The third-order valence-corrected chi connectivity index (χ3v) is 2.60. The van der Waals surface area contributed by atoms with Crippen LogP contribution in [0.25, 0.3) is 0 Å². The van der Waals surface area contributed by atoms with Crippen LogP contribution in [0.2, 0.25) is 0 Å². The molecule has 0 saturated heterocycles. The van der Waals surface area contributed by atoms with E-state index in [4.69, 9.17) is 5.73 Å². The van der Waals surface area contributed by atoms with E-state index in [-0.39, 0.29) is 0 Å². The zero-order chi connectivity index (χ0) is 10.1. The molecule has 0 amide bonds. The zero-order valence-corrected chi connectivity index (χ0v) is 9.55. The molecule has 2 N–H and O–H groups in total. The standard InChI is InChI=1S/C11H26N2/c1-4-7-8-11(10-12)13(6-3)9-5-2/h11H,4-10,12H2,1-3H3. The van der Waals surface area contributed by atoms with E-state index in [2.05, 4.69) is 25.7 Å². The summed E-state index contributed by atoms with van der Waals surface area (Å²) in [6, 6.07) is 0.616. The maximum Gasteiger partial charge on any atom is 0.0218 e. The Bertz CT molecular complexity index is 104. The van der Waals surface area contributed by atoms with Crippen LogP contribution in [0.5, 0.6) is 0 Å². The van der Waals surface area contributed by atoms with Crippen LogP contribution < -0.4 is 5.73 Å². The second-order valence-electron chi connectivity index (χ2n) is 3.66. The number of likely N-dealkylation sites (N-methyl/N-ethyl adjacent to an activating group) is 1. The summed E-state index contributed by atoms with van der Waals surface area (Å²) in [7, 11) is 0. The molecular weight excluding hydrogens is 160 g/mol. The van der Waals surface area contributed by atoms with Crippen LogP contribution in [0.1, 0.15) is 46.5 Å². The van der Waals surface area contributed by atoms with Gasteiger partial charge in [0, 0.05) is 12.6 Å². The van der Waals surface area contributed by atoms with E-state index in [0.29, 0.717) is 6.04 Å². The molecule has 2 heteroatoms. The van der Waals surface area contributed by atoms with Crippen LogP contribution in [-0.4, -0.2) is 30.6 Å². The Kier molecular flexibility index (Phi) is 8.46. The van der Waals surface area contributed by atoms with E-state index in [1.54, 1.807) is 0 Å². The highest BCUT2D eigenvalue weighted by Crippen LogP contribution is 2.08. The van der Waals surface area contributed by atoms with Gasteiger partial charge in [-0.05, 0) is 25.9 Å². The fourth-order valence-corrected chi connectivity index (χ4v) is 1.78. The maximum absolute atomic E-state index is 5.78. The second kappa shape index (κ2) is 8.52. The van der Waals surface area contributed by atoms with Crippen molar-refractivity contribution in [2.75, 3.05) is 19.6 Å². The summed E-state index contributed by atoms with van der Waals surface area (Å²) in [5, 5.41) is 0. The van der Waals surface area contributed by atoms with Gasteiger partial charge in [0.2, 0.25) is 0 Å². The summed E-state index contributed by atoms with van der Waals surface area (Å²) >= 11 is 0. The molecule has 0 radical (unpaired) electrons. The number of nitrogens with zero attached hydrogens (tertiary/aromatic N) is 1. The fourth-order valence-electron chi connectivity index (χ4n) is 1.78. The lowest BCUT2D eigenvalue weighted by Crippen LogP contribution is -2.40. The van der Waals surface area contributed by atoms with E-state index in [1.807, 2.05) is 0 Å². The number of hydrogen-bond donors (Lipinski definition) is 1. The van der Waals surface area contributed by atoms with Crippen LogP contribution in [0.4, 0.5) is 0 Å². The molecule has 0 fully saturated rings. The first-order valence-corrected chi connectivity index (χ1v) is 5.74. The number of rotatable bonds is 8. The Balaban J connectivity index is 3.84. The average Bonchev–Trinajstić information content (AvgIpc) is 2.17. The Morgan fingerprint density at radius 2 is 1.85 bits per heavy atom. The molecule has 80 valence electrons. The van der Waals surface area contributed by atoms with Gasteiger partial charge in [0.25, 0.3) is 0 Å². The van der Waals surface area contributed by atoms with Crippen LogP contribution in [0, 0.1) is 0 Å². The summed E-state index contributed by atoms with van der Waals surface area (Å²) in [6.07, 6.45) is 5.08. The number of unbranched alkanes of at least 4 members (excludes halogenated alkanes) is 1. The highest BCUT2D eigenvalue weighted by molar-refractivity contribution is 4.71. The van der Waals surface area contributed by atoms with E-state index >= 15 is 0 Å². The predicted molar refractivity (Wildman–Crippen MR) is 59.9 cm³/mol. The quantitative estimate of drug-likeness (QED) is 0.630. The highest BCUT2D eigenvalue weighted by atomic mass is 15.2. The third-order valence-electron chi connectivity index (χ3n) is 2.60. The average molecular weight is 186 g/mol. The summed E-state index contributed by atoms with van der Waals surface area (Å²) < 4.78 is 0. The lowest BCUT2D eigenvalue weighted by molar-refractivity contribution is 0.198. The maximum atomic E-state index is 5.78. The largest absolute Gasteiger partial charge is 0.329 e. The van der Waals surface area contributed by atoms with Gasteiger partial charge in [-0.15, -0.1) is 0 Å². The summed E-state index contributed by atoms with van der Waals surface area (Å²) in [6.45, 7) is 9.85. The molecule has 0 aliphatic carbocycles. The third kappa shape index (κ3) is 5.27. The Labute approximate surface area is 83.5 Å². The summed E-state index contributed by atoms with van der Waals surface area (Å²) in [5.74, 6) is 0. The van der Waals surface area contributed by atoms with Crippen molar-refractivity contribution in [2.24, 2.45) is 5.73 Å². The van der Waals surface area contributed by atoms with Crippen molar-refractivity contribution in [3.8, 4) is 0 Å². The molecule has 0 aromatic rings. The van der Waals surface area contributed by atoms with Gasteiger partial charge in [-0.25, -0.2) is 0 Å². The molecule has 0 spiro atoms. The van der Waals surface area contributed by atoms with Crippen LogP contribution in [0.15, 0.2) is 0 Å². The van der Waals surface area contributed by atoms with Gasteiger partial charge in [-0.3, -0.25) is 4.90 Å². The number of hydrogen-bond acceptors (Lipinski definition) is 2. The van der Waals surface area contributed by atoms with Crippen molar-refractivity contribution in [3.05, 3.63) is 0 Å². The minimum absolute atomic E-state index is 0.616. The van der Waals surface area contributed by atoms with E-state index < -0.39 is 0 Å². The van der Waals surface area contributed by atoms with Gasteiger partial charge in [0.05, 0.1) is 0 Å². The predicted octanol–water partition coefficient (Wildman–Crippen LogP) is 2.24. The monoisotopic (exact) mass is 186 g/mol. The zero-order valence-electron chi connectivity index (χ0n) is 9.55. The minimum atomic E-state index is 0.616. The van der Waals surface area contributed by atoms with Crippen LogP contribution in [-0.2, 0) is 0 Å². The van der Waals surface area contributed by atoms with Gasteiger partial charge in [0.15, 0.2) is 0 Å². The fraction of sp³-hybridized carbons (Fsp3) is 1.00. The molecule has 2 nitrogen and oxygen atoms in total. The Morgan fingerprint density at radius 3 is 2.23 bits per heavy atom. The second-order valence-corrected chi connectivity index (χ2v) is 3.66. The molecule has 0 heterocycles. The molecule has 0 saturated carbocycles. The molecule has 0 aromatic carbocycles. The van der Waals surface area contributed by atoms with Gasteiger partial charge in [0.1, 0.15) is 0 Å². The van der Waals surface area contributed by atoms with Crippen molar-refractivity contribution in [2.45, 2.75) is 52.5 Å². The molecule has 0 aromatic heterocycles.